The summed E-state index contributed by atoms with van der Waals surface area (Å²) in [5.74, 6) is 4.07. The first-order chi connectivity index (χ1) is 10.2. The Morgan fingerprint density at radius 1 is 1.43 bits per heavy atom. The first-order valence-corrected chi connectivity index (χ1v) is 7.94. The van der Waals surface area contributed by atoms with Crippen LogP contribution in [0.15, 0.2) is 15.4 Å². The predicted molar refractivity (Wildman–Crippen MR) is 78.9 cm³/mol. The van der Waals surface area contributed by atoms with Gasteiger partial charge in [-0.25, -0.2) is 0 Å². The molecule has 0 aliphatic carbocycles. The number of carbonyl (C=O) groups excluding carboxylic acids is 1. The zero-order chi connectivity index (χ0) is 14.7. The van der Waals surface area contributed by atoms with Crippen molar-refractivity contribution >= 4 is 23.6 Å². The van der Waals surface area contributed by atoms with Gasteiger partial charge in [0.2, 0.25) is 11.9 Å². The van der Waals surface area contributed by atoms with Gasteiger partial charge < -0.3 is 0 Å². The van der Waals surface area contributed by atoms with Gasteiger partial charge in [-0.05, 0) is 6.42 Å². The van der Waals surface area contributed by atoms with Gasteiger partial charge in [-0.3, -0.25) is 14.7 Å². The molecule has 0 unspecified atom stereocenters. The highest BCUT2D eigenvalue weighted by molar-refractivity contribution is 7.99. The average molecular weight is 304 g/mol. The monoisotopic (exact) mass is 304 g/mol. The van der Waals surface area contributed by atoms with Crippen molar-refractivity contribution in [3.63, 3.8) is 0 Å². The van der Waals surface area contributed by atoms with Crippen LogP contribution in [0.4, 0.5) is 5.95 Å². The molecule has 21 heavy (non-hydrogen) atoms. The number of hydrogen-bond acceptors (Lipinski definition) is 6. The molecule has 0 saturated heterocycles. The molecule has 2 aliphatic heterocycles. The molecule has 8 heteroatoms. The van der Waals surface area contributed by atoms with Gasteiger partial charge >= 0.3 is 0 Å². The van der Waals surface area contributed by atoms with Crippen molar-refractivity contribution in [1.82, 2.24) is 14.8 Å². The van der Waals surface area contributed by atoms with Gasteiger partial charge in [0.05, 0.1) is 0 Å². The fourth-order valence-electron chi connectivity index (χ4n) is 2.24. The smallest absolute Gasteiger partial charge is 0.231 e. The van der Waals surface area contributed by atoms with E-state index in [0.717, 1.165) is 23.9 Å². The highest BCUT2D eigenvalue weighted by Crippen LogP contribution is 2.37. The number of rotatable bonds is 6. The molecule has 0 fully saturated rings. The number of nitrogens with one attached hydrogen (secondary N) is 1. The molecule has 7 nitrogen and oxygen atoms in total. The summed E-state index contributed by atoms with van der Waals surface area (Å²) in [7, 11) is 0. The predicted octanol–water partition coefficient (Wildman–Crippen LogP) is 2.07. The number of fused-ring (bicyclic) bond motifs is 1. The van der Waals surface area contributed by atoms with E-state index in [0.29, 0.717) is 31.6 Å². The minimum Gasteiger partial charge on any atom is -0.295 e. The second-order valence-electron chi connectivity index (χ2n) is 5.09. The molecule has 0 aromatic carbocycles. The maximum absolute atomic E-state index is 12.0. The number of aromatic nitrogens is 3. The van der Waals surface area contributed by atoms with Crippen molar-refractivity contribution in [3.05, 3.63) is 0 Å². The van der Waals surface area contributed by atoms with Crippen molar-refractivity contribution in [2.45, 2.75) is 49.5 Å². The zero-order valence-corrected chi connectivity index (χ0v) is 12.4. The largest absolute Gasteiger partial charge is 0.295 e. The van der Waals surface area contributed by atoms with Crippen molar-refractivity contribution < 1.29 is 4.79 Å². The zero-order valence-electron chi connectivity index (χ0n) is 11.6. The van der Waals surface area contributed by atoms with Crippen molar-refractivity contribution in [2.24, 2.45) is 10.2 Å². The first kappa shape index (κ1) is 14.1. The van der Waals surface area contributed by atoms with Gasteiger partial charge in [-0.1, -0.05) is 11.8 Å². The number of amides is 1. The van der Waals surface area contributed by atoms with E-state index in [1.807, 2.05) is 4.57 Å². The van der Waals surface area contributed by atoms with Gasteiger partial charge in [-0.15, -0.1) is 22.5 Å². The molecule has 0 radical (unpaired) electrons. The molecule has 3 rings (SSSR count). The molecule has 2 aliphatic rings. The number of hydrogen-bond donors (Lipinski definition) is 1. The third-order valence-corrected chi connectivity index (χ3v) is 4.58. The topological polar surface area (TPSA) is 84.5 Å². The average Bonchev–Trinajstić information content (AvgIpc) is 3.18. The maximum atomic E-state index is 12.0. The van der Waals surface area contributed by atoms with Crippen LogP contribution < -0.4 is 5.32 Å². The Balaban J connectivity index is 1.51. The molecule has 110 valence electrons. The second-order valence-corrected chi connectivity index (χ2v) is 6.16. The lowest BCUT2D eigenvalue weighted by Gasteiger charge is -2.14. The molecule has 0 bridgehead atoms. The lowest BCUT2D eigenvalue weighted by molar-refractivity contribution is -0.116. The number of anilines is 1. The Labute approximate surface area is 127 Å². The fourth-order valence-corrected chi connectivity index (χ4v) is 3.13. The number of nitrogens with zero attached hydrogens (tertiary/aromatic N) is 5. The fraction of sp³-hybridized carbons (Fsp3) is 0.615. The molecule has 3 heterocycles. The van der Waals surface area contributed by atoms with Crippen molar-refractivity contribution in [1.29, 1.82) is 0 Å². The van der Waals surface area contributed by atoms with Crippen LogP contribution >= 0.6 is 11.8 Å². The van der Waals surface area contributed by atoms with E-state index in [1.54, 1.807) is 11.8 Å². The summed E-state index contributed by atoms with van der Waals surface area (Å²) in [6, 6.07) is 0. The summed E-state index contributed by atoms with van der Waals surface area (Å²) in [6.07, 6.45) is 8.60. The molecule has 0 saturated carbocycles. The summed E-state index contributed by atoms with van der Waals surface area (Å²) in [5.41, 5.74) is -0.413. The van der Waals surface area contributed by atoms with Gasteiger partial charge in [0.15, 0.2) is 10.8 Å². The number of terminal acetylenes is 1. The van der Waals surface area contributed by atoms with Crippen LogP contribution in [0, 0.1) is 12.3 Å². The standard InChI is InChI=1S/C13H16N6OS/c1-2-3-6-13(17-18-13)7-5-10(20)14-11-15-16-12-19(11)8-4-9-21-12/h1H,3-9H2,(H,14,15,20). The summed E-state index contributed by atoms with van der Waals surface area (Å²) < 4.78 is 1.95. The third kappa shape index (κ3) is 3.24. The van der Waals surface area contributed by atoms with Gasteiger partial charge in [0, 0.05) is 38.0 Å². The van der Waals surface area contributed by atoms with Gasteiger partial charge in [-0.2, -0.15) is 10.2 Å². The van der Waals surface area contributed by atoms with E-state index in [1.165, 1.54) is 0 Å². The molecule has 1 amide bonds. The number of thioether (sulfide) groups is 1. The Bertz CT molecular complexity index is 611. The lowest BCUT2D eigenvalue weighted by Crippen LogP contribution is -2.20. The van der Waals surface area contributed by atoms with Crippen molar-refractivity contribution in [3.8, 4) is 12.3 Å². The minimum absolute atomic E-state index is 0.0850. The first-order valence-electron chi connectivity index (χ1n) is 6.96. The van der Waals surface area contributed by atoms with Crippen LogP contribution in [0.5, 0.6) is 0 Å². The van der Waals surface area contributed by atoms with E-state index >= 15 is 0 Å². The Kier molecular flexibility index (Phi) is 3.92. The van der Waals surface area contributed by atoms with E-state index in [4.69, 9.17) is 6.42 Å². The van der Waals surface area contributed by atoms with E-state index in [2.05, 4.69) is 31.7 Å². The van der Waals surface area contributed by atoms with E-state index in [-0.39, 0.29) is 5.91 Å². The van der Waals surface area contributed by atoms with Crippen LogP contribution in [0.2, 0.25) is 0 Å². The minimum atomic E-state index is -0.413. The summed E-state index contributed by atoms with van der Waals surface area (Å²) >= 11 is 1.66. The van der Waals surface area contributed by atoms with E-state index in [9.17, 15) is 4.79 Å². The molecule has 0 spiro atoms. The molecular formula is C13H16N6OS. The Hall–Kier alpha value is -1.88. The summed E-state index contributed by atoms with van der Waals surface area (Å²) in [6.45, 7) is 0.849. The van der Waals surface area contributed by atoms with Crippen LogP contribution in [0.1, 0.15) is 32.1 Å². The molecule has 0 atom stereocenters. The maximum Gasteiger partial charge on any atom is 0.231 e. The summed E-state index contributed by atoms with van der Waals surface area (Å²) in [5, 5.41) is 19.8. The van der Waals surface area contributed by atoms with Crippen LogP contribution in [-0.4, -0.2) is 32.1 Å². The molecule has 1 aromatic heterocycles. The molecule has 1 aromatic rings. The van der Waals surface area contributed by atoms with Gasteiger partial charge in [0.25, 0.3) is 0 Å². The van der Waals surface area contributed by atoms with Crippen LogP contribution in [-0.2, 0) is 11.3 Å². The lowest BCUT2D eigenvalue weighted by atomic mass is 10.0. The SMILES string of the molecule is C#CCCC1(CCC(=O)Nc2nnc3n2CCCS3)N=N1. The quantitative estimate of drug-likeness (QED) is 0.815. The number of carbonyl (C=O) groups is 1. The van der Waals surface area contributed by atoms with Crippen molar-refractivity contribution in [2.75, 3.05) is 11.1 Å². The normalized spacial score (nSPS) is 17.9. The van der Waals surface area contributed by atoms with E-state index < -0.39 is 5.66 Å². The second kappa shape index (κ2) is 5.85. The Morgan fingerprint density at radius 2 is 2.29 bits per heavy atom. The highest BCUT2D eigenvalue weighted by atomic mass is 32.2. The molecule has 1 N–H and O–H groups in total. The highest BCUT2D eigenvalue weighted by Gasteiger charge is 2.39. The Morgan fingerprint density at radius 3 is 3.05 bits per heavy atom. The third-order valence-electron chi connectivity index (χ3n) is 3.53. The van der Waals surface area contributed by atoms with Crippen LogP contribution in [0.3, 0.4) is 0 Å². The van der Waals surface area contributed by atoms with Gasteiger partial charge in [0.1, 0.15) is 0 Å². The molecular weight excluding hydrogens is 288 g/mol. The van der Waals surface area contributed by atoms with Crippen LogP contribution in [0.25, 0.3) is 0 Å². The summed E-state index contributed by atoms with van der Waals surface area (Å²) in [4.78, 5) is 12.0.